The molecule has 1 unspecified atom stereocenters. The van der Waals surface area contributed by atoms with Gasteiger partial charge in [0.15, 0.2) is 0 Å². The molecular formula is C34H37N3O5. The van der Waals surface area contributed by atoms with Crippen molar-refractivity contribution in [3.63, 3.8) is 0 Å². The molecular weight excluding hydrogens is 530 g/mol. The van der Waals surface area contributed by atoms with Crippen LogP contribution >= 0.6 is 0 Å². The quantitative estimate of drug-likeness (QED) is 0.325. The standard InChI is InChI=1S/C34H37N3O5/c1-34(2)18-29-27(23-10-8-22(20-38)9-11-23)4-3-5-28(29)30(31(39)36-26-16-14-25(15-17-26)33(41)42)37(34)32(40)24-12-6-21(19-35)7-13-24/h3-5,8-11,14-17,20-21,24,30H,6-7,12-13,18-19,35H2,1-2H3,(H,36,39)(H,41,42). The van der Waals surface area contributed by atoms with Gasteiger partial charge in [0, 0.05) is 22.7 Å². The van der Waals surface area contributed by atoms with E-state index in [9.17, 15) is 24.3 Å². The summed E-state index contributed by atoms with van der Waals surface area (Å²) in [7, 11) is 0. The number of hydrogen-bond acceptors (Lipinski definition) is 5. The summed E-state index contributed by atoms with van der Waals surface area (Å²) in [5, 5.41) is 12.2. The van der Waals surface area contributed by atoms with Gasteiger partial charge >= 0.3 is 5.97 Å². The molecule has 8 nitrogen and oxygen atoms in total. The molecule has 1 aliphatic heterocycles. The van der Waals surface area contributed by atoms with Crippen LogP contribution in [0.25, 0.3) is 11.1 Å². The van der Waals surface area contributed by atoms with Crippen LogP contribution in [0, 0.1) is 11.8 Å². The van der Waals surface area contributed by atoms with Crippen LogP contribution in [-0.4, -0.2) is 46.2 Å². The van der Waals surface area contributed by atoms with Crippen molar-refractivity contribution in [2.75, 3.05) is 11.9 Å². The summed E-state index contributed by atoms with van der Waals surface area (Å²) in [4.78, 5) is 52.8. The predicted octanol–water partition coefficient (Wildman–Crippen LogP) is 5.47. The highest BCUT2D eigenvalue weighted by atomic mass is 16.4. The molecule has 5 rings (SSSR count). The fourth-order valence-electron chi connectivity index (χ4n) is 6.51. The van der Waals surface area contributed by atoms with E-state index in [1.54, 1.807) is 29.2 Å². The molecule has 2 amide bonds. The number of fused-ring (bicyclic) bond motifs is 1. The lowest BCUT2D eigenvalue weighted by atomic mass is 9.75. The number of carbonyl (C=O) groups is 4. The van der Waals surface area contributed by atoms with Crippen LogP contribution in [0.5, 0.6) is 0 Å². The van der Waals surface area contributed by atoms with E-state index >= 15 is 0 Å². The third-order valence-corrected chi connectivity index (χ3v) is 8.80. The van der Waals surface area contributed by atoms with E-state index in [0.717, 1.165) is 54.2 Å². The summed E-state index contributed by atoms with van der Waals surface area (Å²) in [6.07, 6.45) is 4.63. The molecule has 218 valence electrons. The number of nitrogens with one attached hydrogen (secondary N) is 1. The van der Waals surface area contributed by atoms with Gasteiger partial charge in [-0.2, -0.15) is 0 Å². The largest absolute Gasteiger partial charge is 0.478 e. The monoisotopic (exact) mass is 567 g/mol. The molecule has 2 aliphatic rings. The normalized spacial score (nSPS) is 21.2. The Bertz CT molecular complexity index is 1490. The number of benzene rings is 3. The Labute approximate surface area is 245 Å². The van der Waals surface area contributed by atoms with Gasteiger partial charge in [-0.15, -0.1) is 0 Å². The Morgan fingerprint density at radius 3 is 2.24 bits per heavy atom. The highest BCUT2D eigenvalue weighted by Gasteiger charge is 2.48. The molecule has 0 aromatic heterocycles. The van der Waals surface area contributed by atoms with Crippen molar-refractivity contribution in [1.82, 2.24) is 4.90 Å². The molecule has 1 fully saturated rings. The molecule has 1 atom stereocenters. The zero-order valence-corrected chi connectivity index (χ0v) is 24.0. The number of nitrogens with two attached hydrogens (primary N) is 1. The van der Waals surface area contributed by atoms with Crippen molar-refractivity contribution in [3.8, 4) is 11.1 Å². The number of amides is 2. The van der Waals surface area contributed by atoms with Crippen molar-refractivity contribution < 1.29 is 24.3 Å². The minimum Gasteiger partial charge on any atom is -0.478 e. The van der Waals surface area contributed by atoms with Crippen molar-refractivity contribution in [3.05, 3.63) is 89.0 Å². The Hall–Kier alpha value is -4.30. The van der Waals surface area contributed by atoms with Crippen LogP contribution in [-0.2, 0) is 16.0 Å². The first-order chi connectivity index (χ1) is 20.1. The summed E-state index contributed by atoms with van der Waals surface area (Å²) in [5.74, 6) is -1.19. The second-order valence-corrected chi connectivity index (χ2v) is 12.0. The summed E-state index contributed by atoms with van der Waals surface area (Å²) < 4.78 is 0. The fraction of sp³-hybridized carbons (Fsp3) is 0.353. The molecule has 1 heterocycles. The van der Waals surface area contributed by atoms with E-state index in [2.05, 4.69) is 5.32 Å². The topological polar surface area (TPSA) is 130 Å². The molecule has 4 N–H and O–H groups in total. The van der Waals surface area contributed by atoms with Gasteiger partial charge in [-0.3, -0.25) is 14.4 Å². The van der Waals surface area contributed by atoms with Gasteiger partial charge in [0.2, 0.25) is 5.91 Å². The fourth-order valence-corrected chi connectivity index (χ4v) is 6.51. The van der Waals surface area contributed by atoms with Gasteiger partial charge in [0.1, 0.15) is 12.3 Å². The first-order valence-corrected chi connectivity index (χ1v) is 14.5. The van der Waals surface area contributed by atoms with Gasteiger partial charge in [-0.1, -0.05) is 42.5 Å². The van der Waals surface area contributed by atoms with E-state index < -0.39 is 17.6 Å². The maximum absolute atomic E-state index is 14.3. The average Bonchev–Trinajstić information content (AvgIpc) is 2.99. The van der Waals surface area contributed by atoms with Gasteiger partial charge in [-0.25, -0.2) is 4.79 Å². The van der Waals surface area contributed by atoms with Gasteiger partial charge < -0.3 is 21.1 Å². The number of aromatic carboxylic acids is 1. The maximum atomic E-state index is 14.3. The lowest BCUT2D eigenvalue weighted by Gasteiger charge is -2.50. The molecule has 3 aromatic carbocycles. The summed E-state index contributed by atoms with van der Waals surface area (Å²) >= 11 is 0. The van der Waals surface area contributed by atoms with E-state index in [4.69, 9.17) is 5.73 Å². The molecule has 0 bridgehead atoms. The summed E-state index contributed by atoms with van der Waals surface area (Å²) in [6, 6.07) is 18.3. The van der Waals surface area contributed by atoms with Crippen LogP contribution in [0.1, 0.15) is 77.4 Å². The number of anilines is 1. The molecule has 1 saturated carbocycles. The number of carboxylic acid groups (broad SMARTS) is 1. The number of aldehydes is 1. The van der Waals surface area contributed by atoms with Crippen LogP contribution in [0.15, 0.2) is 66.7 Å². The van der Waals surface area contributed by atoms with Crippen molar-refractivity contribution >= 4 is 29.8 Å². The SMILES string of the molecule is CC1(C)Cc2c(-c3ccc(C=O)cc3)cccc2C(C(=O)Nc2ccc(C(=O)O)cc2)N1C(=O)C1CCC(CN)CC1. The van der Waals surface area contributed by atoms with Gasteiger partial charge in [0.05, 0.1) is 5.56 Å². The predicted molar refractivity (Wildman–Crippen MR) is 161 cm³/mol. The smallest absolute Gasteiger partial charge is 0.335 e. The Morgan fingerprint density at radius 2 is 1.64 bits per heavy atom. The average molecular weight is 568 g/mol. The van der Waals surface area contributed by atoms with Crippen molar-refractivity contribution in [1.29, 1.82) is 0 Å². The third kappa shape index (κ3) is 5.72. The van der Waals surface area contributed by atoms with Crippen molar-refractivity contribution in [2.24, 2.45) is 17.6 Å². The minimum atomic E-state index is -1.05. The van der Waals surface area contributed by atoms with Gasteiger partial charge in [-0.05, 0) is 105 Å². The zero-order chi connectivity index (χ0) is 30.0. The highest BCUT2D eigenvalue weighted by Crippen LogP contribution is 2.45. The Balaban J connectivity index is 1.57. The number of carboxylic acids is 1. The lowest BCUT2D eigenvalue weighted by molar-refractivity contribution is -0.151. The molecule has 0 saturated heterocycles. The number of hydrogen-bond donors (Lipinski definition) is 3. The molecule has 8 heteroatoms. The lowest BCUT2D eigenvalue weighted by Crippen LogP contribution is -2.58. The number of carbonyl (C=O) groups excluding carboxylic acids is 3. The van der Waals surface area contributed by atoms with Crippen LogP contribution in [0.2, 0.25) is 0 Å². The van der Waals surface area contributed by atoms with Crippen LogP contribution < -0.4 is 11.1 Å². The molecule has 0 radical (unpaired) electrons. The zero-order valence-electron chi connectivity index (χ0n) is 24.0. The van der Waals surface area contributed by atoms with E-state index in [1.807, 2.05) is 44.2 Å². The molecule has 0 spiro atoms. The highest BCUT2D eigenvalue weighted by molar-refractivity contribution is 6.00. The number of nitrogens with zero attached hydrogens (tertiary/aromatic N) is 1. The Morgan fingerprint density at radius 1 is 0.976 bits per heavy atom. The molecule has 3 aromatic rings. The molecule has 42 heavy (non-hydrogen) atoms. The van der Waals surface area contributed by atoms with Gasteiger partial charge in [0.25, 0.3) is 5.91 Å². The van der Waals surface area contributed by atoms with E-state index in [-0.39, 0.29) is 23.3 Å². The summed E-state index contributed by atoms with van der Waals surface area (Å²) in [5.41, 5.74) is 10.0. The van der Waals surface area contributed by atoms with Crippen LogP contribution in [0.3, 0.4) is 0 Å². The van der Waals surface area contributed by atoms with Crippen molar-refractivity contribution in [2.45, 2.75) is 57.5 Å². The second-order valence-electron chi connectivity index (χ2n) is 12.0. The minimum absolute atomic E-state index is 0.0248. The second kappa shape index (κ2) is 11.9. The molecule has 1 aliphatic carbocycles. The van der Waals surface area contributed by atoms with Crippen LogP contribution in [0.4, 0.5) is 5.69 Å². The first-order valence-electron chi connectivity index (χ1n) is 14.5. The number of rotatable bonds is 7. The van der Waals surface area contributed by atoms with E-state index in [0.29, 0.717) is 30.1 Å². The third-order valence-electron chi connectivity index (χ3n) is 8.80. The first kappa shape index (κ1) is 29.2. The summed E-state index contributed by atoms with van der Waals surface area (Å²) in [6.45, 7) is 4.63. The van der Waals surface area contributed by atoms with E-state index in [1.165, 1.54) is 12.1 Å². The Kier molecular flexibility index (Phi) is 8.27. The maximum Gasteiger partial charge on any atom is 0.335 e.